The normalized spacial score (nSPS) is 12.6. The Morgan fingerprint density at radius 2 is 2.24 bits per heavy atom. The Morgan fingerprint density at radius 3 is 2.82 bits per heavy atom. The highest BCUT2D eigenvalue weighted by Crippen LogP contribution is 2.16. The fourth-order valence-corrected chi connectivity index (χ4v) is 1.88. The van der Waals surface area contributed by atoms with Crippen LogP contribution in [0.5, 0.6) is 0 Å². The van der Waals surface area contributed by atoms with Gasteiger partial charge in [-0.15, -0.1) is 0 Å². The van der Waals surface area contributed by atoms with Crippen molar-refractivity contribution < 1.29 is 0 Å². The third kappa shape index (κ3) is 3.14. The third-order valence-electron chi connectivity index (χ3n) is 2.60. The van der Waals surface area contributed by atoms with Crippen molar-refractivity contribution in [2.45, 2.75) is 25.9 Å². The molecule has 2 aromatic rings. The lowest BCUT2D eigenvalue weighted by molar-refractivity contribution is 0.656. The Hall–Kier alpha value is -1.20. The summed E-state index contributed by atoms with van der Waals surface area (Å²) in [5.74, 6) is 0. The predicted molar refractivity (Wildman–Crippen MR) is 70.5 cm³/mol. The first-order valence-electron chi connectivity index (χ1n) is 5.57. The molecule has 0 radical (unpaired) electrons. The number of hydrogen-bond acceptors (Lipinski definition) is 3. The summed E-state index contributed by atoms with van der Waals surface area (Å²) in [4.78, 5) is 4.30. The lowest BCUT2D eigenvalue weighted by atomic mass is 10.1. The van der Waals surface area contributed by atoms with Crippen molar-refractivity contribution in [3.63, 3.8) is 0 Å². The Bertz CT molecular complexity index is 478. The Kier molecular flexibility index (Phi) is 3.91. The second kappa shape index (κ2) is 5.42. The minimum absolute atomic E-state index is 0.0855. The van der Waals surface area contributed by atoms with E-state index in [4.69, 9.17) is 5.73 Å². The molecule has 0 saturated carbocycles. The molecule has 0 aromatic carbocycles. The molecular weight excluding hydrogens is 280 g/mol. The summed E-state index contributed by atoms with van der Waals surface area (Å²) < 4.78 is 2.86. The Labute approximate surface area is 109 Å². The van der Waals surface area contributed by atoms with Crippen LogP contribution in [0, 0.1) is 0 Å². The van der Waals surface area contributed by atoms with Gasteiger partial charge < -0.3 is 5.73 Å². The maximum atomic E-state index is 6.11. The van der Waals surface area contributed by atoms with Crippen LogP contribution in [0.4, 0.5) is 0 Å². The van der Waals surface area contributed by atoms with Crippen LogP contribution < -0.4 is 5.73 Å². The summed E-state index contributed by atoms with van der Waals surface area (Å²) >= 11 is 3.36. The van der Waals surface area contributed by atoms with E-state index in [9.17, 15) is 0 Å². The smallest absolute Gasteiger partial charge is 0.0575 e. The molecule has 1 unspecified atom stereocenters. The van der Waals surface area contributed by atoms with E-state index in [1.54, 1.807) is 6.20 Å². The number of aromatic nitrogens is 3. The minimum Gasteiger partial charge on any atom is -0.322 e. The van der Waals surface area contributed by atoms with Crippen LogP contribution in [-0.4, -0.2) is 14.8 Å². The van der Waals surface area contributed by atoms with E-state index >= 15 is 0 Å². The van der Waals surface area contributed by atoms with Crippen molar-refractivity contribution in [1.82, 2.24) is 14.8 Å². The molecule has 0 spiro atoms. The maximum absolute atomic E-state index is 6.11. The largest absolute Gasteiger partial charge is 0.322 e. The van der Waals surface area contributed by atoms with Gasteiger partial charge in [0, 0.05) is 23.4 Å². The molecule has 0 aliphatic rings. The molecule has 2 aromatic heterocycles. The van der Waals surface area contributed by atoms with Crippen molar-refractivity contribution in [1.29, 1.82) is 0 Å². The first-order chi connectivity index (χ1) is 8.19. The van der Waals surface area contributed by atoms with Gasteiger partial charge >= 0.3 is 0 Å². The molecule has 0 saturated heterocycles. The quantitative estimate of drug-likeness (QED) is 0.941. The van der Waals surface area contributed by atoms with Crippen molar-refractivity contribution in [3.8, 4) is 0 Å². The average molecular weight is 295 g/mol. The van der Waals surface area contributed by atoms with Crippen LogP contribution in [0.2, 0.25) is 0 Å². The number of aryl methyl sites for hydroxylation is 1. The van der Waals surface area contributed by atoms with E-state index < -0.39 is 0 Å². The number of halogens is 1. The first kappa shape index (κ1) is 12.3. The van der Waals surface area contributed by atoms with Crippen LogP contribution in [0.3, 0.4) is 0 Å². The predicted octanol–water partition coefficient (Wildman–Crippen LogP) is 2.30. The van der Waals surface area contributed by atoms with Crippen LogP contribution in [-0.2, 0) is 13.0 Å². The molecule has 2 rings (SSSR count). The molecule has 0 aliphatic carbocycles. The lowest BCUT2D eigenvalue weighted by Gasteiger charge is -2.09. The van der Waals surface area contributed by atoms with Crippen LogP contribution in [0.25, 0.3) is 0 Å². The van der Waals surface area contributed by atoms with Crippen molar-refractivity contribution in [3.05, 3.63) is 46.5 Å². The molecule has 0 bridgehead atoms. The molecule has 2 N–H and O–H groups in total. The highest BCUT2D eigenvalue weighted by Gasteiger charge is 2.09. The van der Waals surface area contributed by atoms with Gasteiger partial charge in [0.15, 0.2) is 0 Å². The number of hydrogen-bond donors (Lipinski definition) is 1. The van der Waals surface area contributed by atoms with Crippen molar-refractivity contribution in [2.24, 2.45) is 5.73 Å². The number of nitrogens with zero attached hydrogens (tertiary/aromatic N) is 3. The van der Waals surface area contributed by atoms with Gasteiger partial charge in [-0.1, -0.05) is 0 Å². The van der Waals surface area contributed by atoms with Gasteiger partial charge in [-0.2, -0.15) is 5.10 Å². The lowest BCUT2D eigenvalue weighted by Crippen LogP contribution is -2.14. The standard InChI is InChI=1S/C12H15BrN4/c1-2-17-8-9(6-16-17)5-11(14)12-4-3-10(13)7-15-12/h3-4,6-8,11H,2,5,14H2,1H3. The highest BCUT2D eigenvalue weighted by molar-refractivity contribution is 9.10. The van der Waals surface area contributed by atoms with Gasteiger partial charge in [0.05, 0.1) is 17.9 Å². The van der Waals surface area contributed by atoms with Crippen molar-refractivity contribution >= 4 is 15.9 Å². The summed E-state index contributed by atoms with van der Waals surface area (Å²) in [5, 5.41) is 4.23. The number of pyridine rings is 1. The highest BCUT2D eigenvalue weighted by atomic mass is 79.9. The van der Waals surface area contributed by atoms with Gasteiger partial charge in [0.25, 0.3) is 0 Å². The Morgan fingerprint density at radius 1 is 1.41 bits per heavy atom. The first-order valence-corrected chi connectivity index (χ1v) is 6.36. The van der Waals surface area contributed by atoms with Crippen molar-refractivity contribution in [2.75, 3.05) is 0 Å². The zero-order chi connectivity index (χ0) is 12.3. The van der Waals surface area contributed by atoms with E-state index in [1.807, 2.05) is 29.2 Å². The van der Waals surface area contributed by atoms with E-state index in [2.05, 4.69) is 32.9 Å². The molecule has 17 heavy (non-hydrogen) atoms. The molecule has 0 aliphatic heterocycles. The monoisotopic (exact) mass is 294 g/mol. The molecule has 4 nitrogen and oxygen atoms in total. The molecule has 0 fully saturated rings. The van der Waals surface area contributed by atoms with E-state index in [-0.39, 0.29) is 6.04 Å². The minimum atomic E-state index is -0.0855. The van der Waals surface area contributed by atoms with Crippen LogP contribution in [0.1, 0.15) is 24.2 Å². The van der Waals surface area contributed by atoms with E-state index in [1.165, 1.54) is 0 Å². The molecule has 1 atom stereocenters. The molecule has 90 valence electrons. The molecule has 2 heterocycles. The number of nitrogens with two attached hydrogens (primary N) is 1. The summed E-state index contributed by atoms with van der Waals surface area (Å²) in [5.41, 5.74) is 8.16. The third-order valence-corrected chi connectivity index (χ3v) is 3.07. The average Bonchev–Trinajstić information content (AvgIpc) is 2.77. The van der Waals surface area contributed by atoms with Crippen LogP contribution in [0.15, 0.2) is 35.2 Å². The SMILES string of the molecule is CCn1cc(CC(N)c2ccc(Br)cn2)cn1. The molecular formula is C12H15BrN4. The summed E-state index contributed by atoms with van der Waals surface area (Å²) in [6, 6.07) is 3.81. The second-order valence-corrected chi connectivity index (χ2v) is 4.83. The topological polar surface area (TPSA) is 56.7 Å². The zero-order valence-electron chi connectivity index (χ0n) is 9.68. The Balaban J connectivity index is 2.05. The molecule has 5 heteroatoms. The summed E-state index contributed by atoms with van der Waals surface area (Å²) in [6.45, 7) is 2.94. The second-order valence-electron chi connectivity index (χ2n) is 3.92. The fraction of sp³-hybridized carbons (Fsp3) is 0.333. The summed E-state index contributed by atoms with van der Waals surface area (Å²) in [7, 11) is 0. The molecule has 0 amide bonds. The maximum Gasteiger partial charge on any atom is 0.0575 e. The van der Waals surface area contributed by atoms with Gasteiger partial charge in [0.1, 0.15) is 0 Å². The van der Waals surface area contributed by atoms with Gasteiger partial charge in [-0.3, -0.25) is 9.67 Å². The van der Waals surface area contributed by atoms with Gasteiger partial charge in [-0.05, 0) is 47.0 Å². The zero-order valence-corrected chi connectivity index (χ0v) is 11.3. The van der Waals surface area contributed by atoms with Gasteiger partial charge in [-0.25, -0.2) is 0 Å². The van der Waals surface area contributed by atoms with E-state index in [0.29, 0.717) is 0 Å². The fourth-order valence-electron chi connectivity index (χ4n) is 1.65. The van der Waals surface area contributed by atoms with Gasteiger partial charge in [0.2, 0.25) is 0 Å². The van der Waals surface area contributed by atoms with E-state index in [0.717, 1.165) is 28.7 Å². The number of rotatable bonds is 4. The van der Waals surface area contributed by atoms with Crippen LogP contribution >= 0.6 is 15.9 Å². The summed E-state index contributed by atoms with van der Waals surface area (Å²) in [6.07, 6.45) is 6.42.